The maximum Gasteiger partial charge on any atom is 0.218 e. The zero-order chi connectivity index (χ0) is 14.4. The zero-order valence-corrected chi connectivity index (χ0v) is 12.1. The Hall–Kier alpha value is -2.17. The van der Waals surface area contributed by atoms with Gasteiger partial charge in [-0.05, 0) is 23.6 Å². The van der Waals surface area contributed by atoms with Gasteiger partial charge in [0.15, 0.2) is 0 Å². The molecule has 0 bridgehead atoms. The van der Waals surface area contributed by atoms with E-state index >= 15 is 0 Å². The van der Waals surface area contributed by atoms with Gasteiger partial charge in [-0.3, -0.25) is 4.98 Å². The average Bonchev–Trinajstić information content (AvgIpc) is 2.45. The second-order valence-corrected chi connectivity index (χ2v) is 5.02. The van der Waals surface area contributed by atoms with Gasteiger partial charge in [-0.15, -0.1) is 0 Å². The van der Waals surface area contributed by atoms with Crippen LogP contribution in [0.5, 0.6) is 5.88 Å². The minimum absolute atomic E-state index is 0.509. The third-order valence-electron chi connectivity index (χ3n) is 2.77. The molecule has 0 saturated heterocycles. The Kier molecular flexibility index (Phi) is 4.87. The number of pyridine rings is 1. The summed E-state index contributed by atoms with van der Waals surface area (Å²) in [5.41, 5.74) is 1.16. The number of nitrogens with one attached hydrogen (secondary N) is 1. The SMILES string of the molecule is COc1cc(NCc2ccncc2)nc(CC(C)C)n1. The molecule has 0 atom stereocenters. The zero-order valence-electron chi connectivity index (χ0n) is 12.1. The molecule has 1 N–H and O–H groups in total. The second kappa shape index (κ2) is 6.84. The Bertz CT molecular complexity index is 543. The van der Waals surface area contributed by atoms with Crippen molar-refractivity contribution >= 4 is 5.82 Å². The molecule has 2 aromatic rings. The topological polar surface area (TPSA) is 59.9 Å². The molecule has 0 radical (unpaired) electrons. The van der Waals surface area contributed by atoms with Crippen LogP contribution in [0.4, 0.5) is 5.82 Å². The van der Waals surface area contributed by atoms with Crippen LogP contribution < -0.4 is 10.1 Å². The highest BCUT2D eigenvalue weighted by atomic mass is 16.5. The van der Waals surface area contributed by atoms with Gasteiger partial charge in [0.1, 0.15) is 11.6 Å². The van der Waals surface area contributed by atoms with Gasteiger partial charge in [0.25, 0.3) is 0 Å². The summed E-state index contributed by atoms with van der Waals surface area (Å²) < 4.78 is 5.23. The molecule has 5 nitrogen and oxygen atoms in total. The first-order valence-corrected chi connectivity index (χ1v) is 6.72. The molecule has 0 spiro atoms. The molecule has 2 aromatic heterocycles. The predicted octanol–water partition coefficient (Wildman–Crippen LogP) is 2.69. The lowest BCUT2D eigenvalue weighted by atomic mass is 10.1. The maximum absolute atomic E-state index is 5.23. The second-order valence-electron chi connectivity index (χ2n) is 5.02. The minimum Gasteiger partial charge on any atom is -0.481 e. The van der Waals surface area contributed by atoms with Gasteiger partial charge in [-0.2, -0.15) is 4.98 Å². The van der Waals surface area contributed by atoms with Crippen LogP contribution in [0.2, 0.25) is 0 Å². The summed E-state index contributed by atoms with van der Waals surface area (Å²) in [5.74, 6) is 2.68. The number of methoxy groups -OCH3 is 1. The predicted molar refractivity (Wildman–Crippen MR) is 78.7 cm³/mol. The summed E-state index contributed by atoms with van der Waals surface area (Å²) in [4.78, 5) is 12.9. The fourth-order valence-corrected chi connectivity index (χ4v) is 1.82. The van der Waals surface area contributed by atoms with Crippen molar-refractivity contribution in [3.8, 4) is 5.88 Å². The van der Waals surface area contributed by atoms with Gasteiger partial charge in [0.2, 0.25) is 5.88 Å². The van der Waals surface area contributed by atoms with Crippen molar-refractivity contribution in [3.05, 3.63) is 42.0 Å². The van der Waals surface area contributed by atoms with E-state index in [1.807, 2.05) is 18.2 Å². The lowest BCUT2D eigenvalue weighted by Crippen LogP contribution is -2.07. The van der Waals surface area contributed by atoms with E-state index in [1.54, 1.807) is 19.5 Å². The van der Waals surface area contributed by atoms with Crippen LogP contribution in [-0.4, -0.2) is 22.1 Å². The van der Waals surface area contributed by atoms with Crippen molar-refractivity contribution in [1.29, 1.82) is 0 Å². The summed E-state index contributed by atoms with van der Waals surface area (Å²) in [5, 5.41) is 3.29. The number of anilines is 1. The highest BCUT2D eigenvalue weighted by Gasteiger charge is 2.07. The molecular weight excluding hydrogens is 252 g/mol. The first-order valence-electron chi connectivity index (χ1n) is 6.72. The van der Waals surface area contributed by atoms with E-state index in [9.17, 15) is 0 Å². The molecule has 0 saturated carbocycles. The van der Waals surface area contributed by atoms with Crippen LogP contribution >= 0.6 is 0 Å². The first kappa shape index (κ1) is 14.2. The van der Waals surface area contributed by atoms with Crippen molar-refractivity contribution in [2.75, 3.05) is 12.4 Å². The summed E-state index contributed by atoms with van der Waals surface area (Å²) in [6.45, 7) is 4.99. The average molecular weight is 272 g/mol. The van der Waals surface area contributed by atoms with Crippen LogP contribution in [0.3, 0.4) is 0 Å². The highest BCUT2D eigenvalue weighted by Crippen LogP contribution is 2.16. The Morgan fingerprint density at radius 3 is 2.60 bits per heavy atom. The molecule has 0 unspecified atom stereocenters. The molecule has 0 fully saturated rings. The molecule has 0 aromatic carbocycles. The van der Waals surface area contributed by atoms with E-state index in [1.165, 1.54) is 0 Å². The van der Waals surface area contributed by atoms with Crippen molar-refractivity contribution in [3.63, 3.8) is 0 Å². The van der Waals surface area contributed by atoms with Crippen LogP contribution in [0, 0.1) is 5.92 Å². The molecule has 0 aliphatic heterocycles. The number of rotatable bonds is 6. The molecule has 2 rings (SSSR count). The van der Waals surface area contributed by atoms with Gasteiger partial charge in [-0.25, -0.2) is 4.98 Å². The fraction of sp³-hybridized carbons (Fsp3) is 0.400. The van der Waals surface area contributed by atoms with Gasteiger partial charge in [0, 0.05) is 31.4 Å². The van der Waals surface area contributed by atoms with E-state index in [2.05, 4.69) is 34.1 Å². The maximum atomic E-state index is 5.23. The Morgan fingerprint density at radius 1 is 1.20 bits per heavy atom. The lowest BCUT2D eigenvalue weighted by Gasteiger charge is -2.10. The lowest BCUT2D eigenvalue weighted by molar-refractivity contribution is 0.394. The smallest absolute Gasteiger partial charge is 0.218 e. The van der Waals surface area contributed by atoms with Gasteiger partial charge >= 0.3 is 0 Å². The fourth-order valence-electron chi connectivity index (χ4n) is 1.82. The van der Waals surface area contributed by atoms with Crippen molar-refractivity contribution in [2.45, 2.75) is 26.8 Å². The van der Waals surface area contributed by atoms with E-state index < -0.39 is 0 Å². The standard InChI is InChI=1S/C15H20N4O/c1-11(2)8-14-18-13(9-15(19-14)20-3)17-10-12-4-6-16-7-5-12/h4-7,9,11H,8,10H2,1-3H3,(H,17,18,19). The number of hydrogen-bond acceptors (Lipinski definition) is 5. The summed E-state index contributed by atoms with van der Waals surface area (Å²) in [7, 11) is 1.62. The van der Waals surface area contributed by atoms with Crippen LogP contribution in [0.1, 0.15) is 25.2 Å². The molecule has 0 aliphatic carbocycles. The highest BCUT2D eigenvalue weighted by molar-refractivity contribution is 5.39. The van der Waals surface area contributed by atoms with E-state index in [4.69, 9.17) is 4.74 Å². The summed E-state index contributed by atoms with van der Waals surface area (Å²) >= 11 is 0. The molecule has 0 amide bonds. The molecular formula is C15H20N4O. The Balaban J connectivity index is 2.10. The Labute approximate surface area is 119 Å². The molecule has 20 heavy (non-hydrogen) atoms. The molecule has 0 aliphatic rings. The number of hydrogen-bond donors (Lipinski definition) is 1. The molecule has 2 heterocycles. The van der Waals surface area contributed by atoms with Crippen LogP contribution in [0.25, 0.3) is 0 Å². The number of ether oxygens (including phenoxy) is 1. The monoisotopic (exact) mass is 272 g/mol. The number of nitrogens with zero attached hydrogens (tertiary/aromatic N) is 3. The van der Waals surface area contributed by atoms with E-state index in [-0.39, 0.29) is 0 Å². The molecule has 106 valence electrons. The van der Waals surface area contributed by atoms with Crippen molar-refractivity contribution in [2.24, 2.45) is 5.92 Å². The van der Waals surface area contributed by atoms with Gasteiger partial charge in [-0.1, -0.05) is 13.8 Å². The quantitative estimate of drug-likeness (QED) is 0.876. The Morgan fingerprint density at radius 2 is 1.95 bits per heavy atom. The third-order valence-corrected chi connectivity index (χ3v) is 2.77. The van der Waals surface area contributed by atoms with Crippen molar-refractivity contribution < 1.29 is 4.74 Å². The molecule has 5 heteroatoms. The minimum atomic E-state index is 0.509. The number of aromatic nitrogens is 3. The summed E-state index contributed by atoms with van der Waals surface area (Å²) in [6.07, 6.45) is 4.39. The normalized spacial score (nSPS) is 10.6. The van der Waals surface area contributed by atoms with E-state index in [0.29, 0.717) is 18.3 Å². The summed E-state index contributed by atoms with van der Waals surface area (Å²) in [6, 6.07) is 5.76. The van der Waals surface area contributed by atoms with Crippen LogP contribution in [0.15, 0.2) is 30.6 Å². The van der Waals surface area contributed by atoms with Gasteiger partial charge < -0.3 is 10.1 Å². The largest absolute Gasteiger partial charge is 0.481 e. The van der Waals surface area contributed by atoms with Gasteiger partial charge in [0.05, 0.1) is 7.11 Å². The first-order chi connectivity index (χ1) is 9.67. The van der Waals surface area contributed by atoms with Crippen molar-refractivity contribution in [1.82, 2.24) is 15.0 Å². The van der Waals surface area contributed by atoms with Crippen LogP contribution in [-0.2, 0) is 13.0 Å². The van der Waals surface area contributed by atoms with E-state index in [0.717, 1.165) is 23.6 Å². The third kappa shape index (κ3) is 4.19.